The molecule has 0 saturated heterocycles. The van der Waals surface area contributed by atoms with Crippen LogP contribution in [0, 0.1) is 0 Å². The van der Waals surface area contributed by atoms with E-state index in [1.54, 1.807) is 48.5 Å². The molecule has 0 radical (unpaired) electrons. The molecule has 0 aliphatic carbocycles. The first-order chi connectivity index (χ1) is 12.1. The third-order valence-electron chi connectivity index (χ3n) is 3.21. The maximum absolute atomic E-state index is 10.6. The fraction of sp³-hybridized carbons (Fsp3) is 0. The molecule has 2 N–H and O–H groups in total. The van der Waals surface area contributed by atoms with E-state index < -0.39 is 30.5 Å². The Balaban J connectivity index is 0.000000187. The van der Waals surface area contributed by atoms with Gasteiger partial charge in [-0.05, 0) is 24.3 Å². The molecule has 4 aromatic rings. The molecule has 27 heavy (non-hydrogen) atoms. The second-order valence-electron chi connectivity index (χ2n) is 5.03. The van der Waals surface area contributed by atoms with E-state index in [-0.39, 0.29) is 27.3 Å². The maximum atomic E-state index is 10.6. The summed E-state index contributed by atoms with van der Waals surface area (Å²) in [6, 6.07) is 13.4. The second-order valence-corrected chi connectivity index (χ2v) is 7.62. The average molecular weight is 507 g/mol. The van der Waals surface area contributed by atoms with Gasteiger partial charge in [0, 0.05) is 0 Å². The number of rotatable bonds is 2. The zero-order valence-electron chi connectivity index (χ0n) is 13.5. The molecule has 0 amide bonds. The number of hydrogen-bond donors (Lipinski definition) is 2. The first kappa shape index (κ1) is 21.4. The summed E-state index contributed by atoms with van der Waals surface area (Å²) >= 11 is 0. The van der Waals surface area contributed by atoms with Crippen molar-refractivity contribution in [1.82, 2.24) is 19.9 Å². The first-order valence-corrected chi connectivity index (χ1v) is 9.77. The van der Waals surface area contributed by atoms with Gasteiger partial charge in [-0.25, -0.2) is 26.8 Å². The fourth-order valence-corrected chi connectivity index (χ4v) is 2.99. The predicted molar refractivity (Wildman–Crippen MR) is 88.1 cm³/mol. The maximum Gasteiger partial charge on any atom is 2.00 e. The standard InChI is InChI=1S/2C7H6N2O3S.Cd/c2*10-13(11,12)7-8-5-3-1-2-4-6(5)9-7;/h2*1-4H,(H,8,9)(H,10,11,12);/q;;+2/p-2. The molecule has 13 heteroatoms. The van der Waals surface area contributed by atoms with Crippen LogP contribution in [0.5, 0.6) is 0 Å². The number of hydrogen-bond acceptors (Lipinski definition) is 8. The quantitative estimate of drug-likeness (QED) is 0.298. The smallest absolute Gasteiger partial charge is 0.742 e. The summed E-state index contributed by atoms with van der Waals surface area (Å²) in [5, 5.41) is -1.07. The number of fused-ring (bicyclic) bond motifs is 2. The van der Waals surface area contributed by atoms with Crippen LogP contribution in [-0.2, 0) is 47.5 Å². The number of H-pyrrole nitrogens is 2. The van der Waals surface area contributed by atoms with Gasteiger partial charge in [-0.2, -0.15) is 0 Å². The van der Waals surface area contributed by atoms with Crippen LogP contribution in [0.15, 0.2) is 58.8 Å². The summed E-state index contributed by atoms with van der Waals surface area (Å²) in [5.41, 5.74) is 2.02. The topological polar surface area (TPSA) is 172 Å². The second kappa shape index (κ2) is 8.01. The minimum Gasteiger partial charge on any atom is -0.742 e. The van der Waals surface area contributed by atoms with Crippen LogP contribution < -0.4 is 0 Å². The van der Waals surface area contributed by atoms with E-state index in [1.807, 2.05) is 0 Å². The Bertz CT molecular complexity index is 1130. The van der Waals surface area contributed by atoms with Crippen molar-refractivity contribution in [3.63, 3.8) is 0 Å². The van der Waals surface area contributed by atoms with Crippen LogP contribution in [-0.4, -0.2) is 45.9 Å². The van der Waals surface area contributed by atoms with Crippen LogP contribution in [0.1, 0.15) is 0 Å². The van der Waals surface area contributed by atoms with Crippen molar-refractivity contribution in [3.8, 4) is 0 Å². The number of aromatic nitrogens is 4. The number of nitrogens with zero attached hydrogens (tertiary/aromatic N) is 2. The van der Waals surface area contributed by atoms with Crippen molar-refractivity contribution < 1.29 is 53.2 Å². The normalized spacial score (nSPS) is 11.6. The zero-order chi connectivity index (χ0) is 18.9. The van der Waals surface area contributed by atoms with Gasteiger partial charge in [0.1, 0.15) is 0 Å². The summed E-state index contributed by atoms with van der Waals surface area (Å²) in [6.07, 6.45) is 0. The average Bonchev–Trinajstić information content (AvgIpc) is 3.19. The molecule has 2 heterocycles. The van der Waals surface area contributed by atoms with Gasteiger partial charge in [0.15, 0.2) is 20.2 Å². The number of nitrogens with one attached hydrogen (secondary N) is 2. The van der Waals surface area contributed by atoms with E-state index in [0.29, 0.717) is 22.1 Å². The molecule has 0 aliphatic rings. The van der Waals surface area contributed by atoms with Crippen LogP contribution in [0.4, 0.5) is 0 Å². The van der Waals surface area contributed by atoms with Crippen molar-refractivity contribution in [3.05, 3.63) is 48.5 Å². The predicted octanol–water partition coefficient (Wildman–Crippen LogP) is 0.932. The molecule has 4 rings (SSSR count). The summed E-state index contributed by atoms with van der Waals surface area (Å²) in [7, 11) is -8.96. The van der Waals surface area contributed by atoms with Gasteiger partial charge in [0.25, 0.3) is 0 Å². The van der Waals surface area contributed by atoms with Crippen molar-refractivity contribution >= 4 is 42.3 Å². The molecule has 0 fully saturated rings. The molecular formula is C14H10CdN4O6S2. The van der Waals surface area contributed by atoms with E-state index in [4.69, 9.17) is 0 Å². The minimum atomic E-state index is -4.48. The van der Waals surface area contributed by atoms with E-state index in [0.717, 1.165) is 0 Å². The summed E-state index contributed by atoms with van der Waals surface area (Å²) in [4.78, 5) is 12.1. The monoisotopic (exact) mass is 508 g/mol. The SMILES string of the molecule is O=S(=O)([O-])c1nc2ccccc2[nH]1.O=S(=O)([O-])c1nc2ccccc2[nH]1.[Cd+2]. The summed E-state index contributed by atoms with van der Waals surface area (Å²) < 4.78 is 63.3. The van der Waals surface area contributed by atoms with Gasteiger partial charge < -0.3 is 19.1 Å². The largest absolute Gasteiger partial charge is 2.00 e. The molecular weight excluding hydrogens is 497 g/mol. The Kier molecular flexibility index (Phi) is 6.36. The Hall–Kier alpha value is -1.88. The van der Waals surface area contributed by atoms with Crippen molar-refractivity contribution in [1.29, 1.82) is 0 Å². The first-order valence-electron chi connectivity index (χ1n) is 6.96. The molecule has 0 atom stereocenters. The molecule has 2 aromatic heterocycles. The third-order valence-corrected chi connectivity index (χ3v) is 4.54. The molecule has 0 saturated carbocycles. The minimum absolute atomic E-state index is 0. The van der Waals surface area contributed by atoms with E-state index in [1.165, 1.54) is 0 Å². The van der Waals surface area contributed by atoms with E-state index >= 15 is 0 Å². The van der Waals surface area contributed by atoms with Gasteiger partial charge in [-0.1, -0.05) is 24.3 Å². The Morgan fingerprint density at radius 2 is 1.00 bits per heavy atom. The van der Waals surface area contributed by atoms with Gasteiger partial charge in [-0.3, -0.25) is 0 Å². The van der Waals surface area contributed by atoms with Gasteiger partial charge in [0.05, 0.1) is 22.1 Å². The molecule has 0 aliphatic heterocycles. The van der Waals surface area contributed by atoms with Crippen LogP contribution in [0.25, 0.3) is 22.1 Å². The van der Waals surface area contributed by atoms with Crippen LogP contribution in [0.3, 0.4) is 0 Å². The molecule has 136 valence electrons. The number of benzene rings is 2. The van der Waals surface area contributed by atoms with Gasteiger partial charge in [0.2, 0.25) is 10.3 Å². The number of aromatic amines is 2. The molecule has 0 spiro atoms. The Morgan fingerprint density at radius 3 is 1.30 bits per heavy atom. The molecule has 2 aromatic carbocycles. The van der Waals surface area contributed by atoms with E-state index in [9.17, 15) is 25.9 Å². The van der Waals surface area contributed by atoms with Crippen molar-refractivity contribution in [2.75, 3.05) is 0 Å². The molecule has 0 unspecified atom stereocenters. The van der Waals surface area contributed by atoms with Crippen LogP contribution >= 0.6 is 0 Å². The summed E-state index contributed by atoms with van der Waals surface area (Å²) in [5.74, 6) is 0. The number of imidazole rings is 2. The Labute approximate surface area is 173 Å². The van der Waals surface area contributed by atoms with Crippen molar-refractivity contribution in [2.24, 2.45) is 0 Å². The zero-order valence-corrected chi connectivity index (χ0v) is 19.2. The Morgan fingerprint density at radius 1 is 0.667 bits per heavy atom. The number of para-hydroxylation sites is 4. The van der Waals surface area contributed by atoms with Gasteiger partial charge in [-0.15, -0.1) is 0 Å². The van der Waals surface area contributed by atoms with E-state index in [2.05, 4.69) is 19.9 Å². The summed E-state index contributed by atoms with van der Waals surface area (Å²) in [6.45, 7) is 0. The fourth-order valence-electron chi connectivity index (χ4n) is 2.10. The molecule has 0 bridgehead atoms. The van der Waals surface area contributed by atoms with Crippen LogP contribution in [0.2, 0.25) is 0 Å². The van der Waals surface area contributed by atoms with Gasteiger partial charge >= 0.3 is 27.3 Å². The molecule has 10 nitrogen and oxygen atoms in total. The third kappa shape index (κ3) is 5.10. The van der Waals surface area contributed by atoms with Crippen molar-refractivity contribution in [2.45, 2.75) is 10.3 Å².